The molecule has 0 amide bonds. The Kier molecular flexibility index (Phi) is 2.73. The van der Waals surface area contributed by atoms with Crippen LogP contribution in [0.15, 0.2) is 42.5 Å². The highest BCUT2D eigenvalue weighted by molar-refractivity contribution is 6.38. The number of hydrogen-bond donors (Lipinski definition) is 0. The Morgan fingerprint density at radius 1 is 1.06 bits per heavy atom. The molecule has 0 spiro atoms. The number of alkyl halides is 1. The van der Waals surface area contributed by atoms with E-state index in [0.717, 1.165) is 10.8 Å². The molecule has 0 aliphatic carbocycles. The summed E-state index contributed by atoms with van der Waals surface area (Å²) in [4.78, 5) is 11.3. The first-order valence-corrected chi connectivity index (χ1v) is 5.59. The molecular weight excluding hydrogens is 220 g/mol. The number of carbonyl (C=O) groups excluding carboxylic acids is 1. The van der Waals surface area contributed by atoms with Crippen LogP contribution < -0.4 is 0 Å². The summed E-state index contributed by atoms with van der Waals surface area (Å²) >= 11 is 6.07. The number of benzene rings is 2. The molecule has 1 nitrogen and oxygen atoms in total. The van der Waals surface area contributed by atoms with Crippen molar-refractivity contribution in [3.05, 3.63) is 48.0 Å². The quantitative estimate of drug-likeness (QED) is 0.564. The minimum atomic E-state index is -0.857. The van der Waals surface area contributed by atoms with Gasteiger partial charge in [-0.3, -0.25) is 4.79 Å². The molecule has 0 aromatic heterocycles. The minimum absolute atomic E-state index is 0.0361. The third-order valence-electron chi connectivity index (χ3n) is 2.57. The number of halogens is 1. The van der Waals surface area contributed by atoms with E-state index in [1.165, 1.54) is 0 Å². The smallest absolute Gasteiger partial charge is 0.183 e. The average Bonchev–Trinajstić information content (AvgIpc) is 2.26. The lowest BCUT2D eigenvalue weighted by Crippen LogP contribution is -2.24. The molecule has 0 radical (unpaired) electrons. The van der Waals surface area contributed by atoms with Gasteiger partial charge in [-0.2, -0.15) is 0 Å². The van der Waals surface area contributed by atoms with Crippen LogP contribution >= 0.6 is 11.6 Å². The van der Waals surface area contributed by atoms with Crippen LogP contribution in [0.25, 0.3) is 10.8 Å². The summed E-state index contributed by atoms with van der Waals surface area (Å²) in [7, 11) is 0. The topological polar surface area (TPSA) is 17.1 Å². The summed E-state index contributed by atoms with van der Waals surface area (Å²) in [5.74, 6) is -0.0361. The lowest BCUT2D eigenvalue weighted by molar-refractivity contribution is 0.0956. The molecule has 2 rings (SSSR count). The lowest BCUT2D eigenvalue weighted by atomic mass is 9.95. The second-order valence-electron chi connectivity index (χ2n) is 4.33. The van der Waals surface area contributed by atoms with Gasteiger partial charge in [-0.15, -0.1) is 11.6 Å². The first-order chi connectivity index (χ1) is 7.50. The second kappa shape index (κ2) is 3.91. The van der Waals surface area contributed by atoms with E-state index in [0.29, 0.717) is 5.56 Å². The van der Waals surface area contributed by atoms with Crippen molar-refractivity contribution < 1.29 is 4.79 Å². The Balaban J connectivity index is 2.66. The summed E-state index contributed by atoms with van der Waals surface area (Å²) in [6.45, 7) is 3.44. The molecule has 0 fully saturated rings. The Morgan fingerprint density at radius 2 is 1.69 bits per heavy atom. The van der Waals surface area contributed by atoms with E-state index in [-0.39, 0.29) is 5.78 Å². The second-order valence-corrected chi connectivity index (χ2v) is 5.27. The summed E-state index contributed by atoms with van der Waals surface area (Å²) < 4.78 is 0. The van der Waals surface area contributed by atoms with Gasteiger partial charge in [0, 0.05) is 5.56 Å². The minimum Gasteiger partial charge on any atom is -0.292 e. The normalized spacial score (nSPS) is 11.7. The predicted octanol–water partition coefficient (Wildman–Crippen LogP) is 4.04. The molecule has 0 aliphatic heterocycles. The number of fused-ring (bicyclic) bond motifs is 1. The summed E-state index contributed by atoms with van der Waals surface area (Å²) in [5, 5.41) is 2.03. The fourth-order valence-corrected chi connectivity index (χ4v) is 1.85. The van der Waals surface area contributed by atoms with E-state index in [2.05, 4.69) is 0 Å². The van der Waals surface area contributed by atoms with Gasteiger partial charge in [0.05, 0.1) is 0 Å². The fraction of sp³-hybridized carbons (Fsp3) is 0.214. The Bertz CT molecular complexity index is 532. The standard InChI is InChI=1S/C14H13ClO/c1-14(2,15)13(16)12-9-5-7-10-6-3-4-8-11(10)12/h3-9H,1-2H3. The first-order valence-electron chi connectivity index (χ1n) is 5.21. The molecule has 0 N–H and O–H groups in total. The van der Waals surface area contributed by atoms with E-state index >= 15 is 0 Å². The van der Waals surface area contributed by atoms with Gasteiger partial charge >= 0.3 is 0 Å². The maximum absolute atomic E-state index is 12.1. The number of Topliss-reactive ketones (excluding diaryl/α,β-unsaturated/α-hetero) is 1. The van der Waals surface area contributed by atoms with Crippen LogP contribution in [0, 0.1) is 0 Å². The fourth-order valence-electron chi connectivity index (χ4n) is 1.74. The predicted molar refractivity (Wildman–Crippen MR) is 68.2 cm³/mol. The van der Waals surface area contributed by atoms with E-state index in [4.69, 9.17) is 11.6 Å². The molecule has 2 aromatic rings. The molecule has 16 heavy (non-hydrogen) atoms. The van der Waals surface area contributed by atoms with Gasteiger partial charge in [-0.1, -0.05) is 42.5 Å². The number of ketones is 1. The highest BCUT2D eigenvalue weighted by atomic mass is 35.5. The van der Waals surface area contributed by atoms with Crippen molar-refractivity contribution in [1.29, 1.82) is 0 Å². The monoisotopic (exact) mass is 232 g/mol. The molecule has 0 saturated heterocycles. The van der Waals surface area contributed by atoms with Gasteiger partial charge in [-0.25, -0.2) is 0 Å². The zero-order chi connectivity index (χ0) is 11.8. The molecule has 0 saturated carbocycles. The lowest BCUT2D eigenvalue weighted by Gasteiger charge is -2.15. The highest BCUT2D eigenvalue weighted by Gasteiger charge is 2.26. The van der Waals surface area contributed by atoms with Gasteiger partial charge in [0.15, 0.2) is 5.78 Å². The third-order valence-corrected chi connectivity index (χ3v) is 2.75. The SMILES string of the molecule is CC(C)(Cl)C(=O)c1cccc2ccccc12. The van der Waals surface area contributed by atoms with Gasteiger partial charge in [0.25, 0.3) is 0 Å². The van der Waals surface area contributed by atoms with E-state index in [9.17, 15) is 4.79 Å². The average molecular weight is 233 g/mol. The van der Waals surface area contributed by atoms with Crippen molar-refractivity contribution in [3.63, 3.8) is 0 Å². The molecule has 0 atom stereocenters. The molecule has 0 unspecified atom stereocenters. The zero-order valence-electron chi connectivity index (χ0n) is 9.33. The molecule has 0 aliphatic rings. The third kappa shape index (κ3) is 1.96. The summed E-state index contributed by atoms with van der Waals surface area (Å²) in [5.41, 5.74) is 0.693. The van der Waals surface area contributed by atoms with Crippen molar-refractivity contribution in [2.75, 3.05) is 0 Å². The van der Waals surface area contributed by atoms with Crippen LogP contribution in [0.5, 0.6) is 0 Å². The highest BCUT2D eigenvalue weighted by Crippen LogP contribution is 2.25. The van der Waals surface area contributed by atoms with Crippen LogP contribution in [0.2, 0.25) is 0 Å². The van der Waals surface area contributed by atoms with E-state index in [1.54, 1.807) is 13.8 Å². The van der Waals surface area contributed by atoms with Gasteiger partial charge in [-0.05, 0) is 24.6 Å². The maximum Gasteiger partial charge on any atom is 0.183 e. The molecule has 82 valence electrons. The molecule has 0 heterocycles. The summed E-state index contributed by atoms with van der Waals surface area (Å²) in [6, 6.07) is 13.5. The Labute approximate surface area is 100 Å². The van der Waals surface area contributed by atoms with Gasteiger partial charge < -0.3 is 0 Å². The molecule has 2 aromatic carbocycles. The van der Waals surface area contributed by atoms with Crippen LogP contribution in [-0.4, -0.2) is 10.7 Å². The molecule has 2 heteroatoms. The zero-order valence-corrected chi connectivity index (χ0v) is 10.1. The number of rotatable bonds is 2. The van der Waals surface area contributed by atoms with Crippen molar-refractivity contribution >= 4 is 28.2 Å². The maximum atomic E-state index is 12.1. The summed E-state index contributed by atoms with van der Waals surface area (Å²) in [6.07, 6.45) is 0. The Morgan fingerprint density at radius 3 is 2.38 bits per heavy atom. The van der Waals surface area contributed by atoms with E-state index in [1.807, 2.05) is 42.5 Å². The molecule has 0 bridgehead atoms. The first kappa shape index (κ1) is 11.2. The molecular formula is C14H13ClO. The van der Waals surface area contributed by atoms with Crippen LogP contribution in [0.4, 0.5) is 0 Å². The van der Waals surface area contributed by atoms with Crippen LogP contribution in [0.3, 0.4) is 0 Å². The van der Waals surface area contributed by atoms with Crippen molar-refractivity contribution in [2.45, 2.75) is 18.7 Å². The van der Waals surface area contributed by atoms with Crippen molar-refractivity contribution in [1.82, 2.24) is 0 Å². The number of carbonyl (C=O) groups is 1. The largest absolute Gasteiger partial charge is 0.292 e. The van der Waals surface area contributed by atoms with Gasteiger partial charge in [0.1, 0.15) is 4.87 Å². The van der Waals surface area contributed by atoms with Crippen LogP contribution in [-0.2, 0) is 0 Å². The van der Waals surface area contributed by atoms with Crippen molar-refractivity contribution in [2.24, 2.45) is 0 Å². The van der Waals surface area contributed by atoms with E-state index < -0.39 is 4.87 Å². The Hall–Kier alpha value is -1.34. The van der Waals surface area contributed by atoms with Gasteiger partial charge in [0.2, 0.25) is 0 Å². The van der Waals surface area contributed by atoms with Crippen LogP contribution in [0.1, 0.15) is 24.2 Å². The number of hydrogen-bond acceptors (Lipinski definition) is 1. The van der Waals surface area contributed by atoms with Crippen molar-refractivity contribution in [3.8, 4) is 0 Å².